The quantitative estimate of drug-likeness (QED) is 0.931. The minimum absolute atomic E-state index is 0.225. The molecule has 1 saturated heterocycles. The number of carbonyl (C=O) groups is 1. The van der Waals surface area contributed by atoms with Crippen molar-refractivity contribution >= 4 is 11.8 Å². The number of amides is 1. The number of anilines is 1. The molecule has 1 N–H and O–H groups in total. The van der Waals surface area contributed by atoms with Gasteiger partial charge in [-0.25, -0.2) is 4.79 Å². The summed E-state index contributed by atoms with van der Waals surface area (Å²) in [6.45, 7) is 11.3. The molecular formula is C16H28N4O2. The highest BCUT2D eigenvalue weighted by Gasteiger charge is 2.27. The van der Waals surface area contributed by atoms with Gasteiger partial charge in [-0.3, -0.25) is 4.68 Å². The molecule has 1 fully saturated rings. The molecule has 6 nitrogen and oxygen atoms in total. The first-order chi connectivity index (χ1) is 10.2. The average molecular weight is 308 g/mol. The van der Waals surface area contributed by atoms with E-state index in [4.69, 9.17) is 4.74 Å². The first kappa shape index (κ1) is 16.6. The van der Waals surface area contributed by atoms with E-state index >= 15 is 0 Å². The number of rotatable bonds is 3. The van der Waals surface area contributed by atoms with Crippen molar-refractivity contribution in [1.29, 1.82) is 0 Å². The molecule has 0 bridgehead atoms. The molecule has 2 rings (SSSR count). The Morgan fingerprint density at radius 1 is 1.45 bits per heavy atom. The molecule has 0 aliphatic carbocycles. The number of piperidine rings is 1. The van der Waals surface area contributed by atoms with Crippen LogP contribution >= 0.6 is 0 Å². The molecule has 0 radical (unpaired) electrons. The Hall–Kier alpha value is -1.72. The first-order valence-corrected chi connectivity index (χ1v) is 8.03. The largest absolute Gasteiger partial charge is 0.444 e. The van der Waals surface area contributed by atoms with Crippen LogP contribution < -0.4 is 5.32 Å². The van der Waals surface area contributed by atoms with Gasteiger partial charge in [-0.1, -0.05) is 0 Å². The van der Waals surface area contributed by atoms with Crippen molar-refractivity contribution in [3.63, 3.8) is 0 Å². The fraction of sp³-hybridized carbons (Fsp3) is 0.750. The summed E-state index contributed by atoms with van der Waals surface area (Å²) in [6, 6.07) is 0.589. The lowest BCUT2D eigenvalue weighted by molar-refractivity contribution is 0.0206. The first-order valence-electron chi connectivity index (χ1n) is 8.03. The number of nitrogens with zero attached hydrogens (tertiary/aromatic N) is 3. The number of likely N-dealkylation sites (tertiary alicyclic amines) is 1. The van der Waals surface area contributed by atoms with Crippen LogP contribution in [0.1, 0.15) is 53.5 Å². The van der Waals surface area contributed by atoms with Gasteiger partial charge in [-0.05, 0) is 47.5 Å². The minimum Gasteiger partial charge on any atom is -0.444 e. The third kappa shape index (κ3) is 4.64. The van der Waals surface area contributed by atoms with Gasteiger partial charge in [0.15, 0.2) is 0 Å². The molecule has 0 saturated carbocycles. The van der Waals surface area contributed by atoms with Crippen LogP contribution in [-0.4, -0.2) is 45.5 Å². The van der Waals surface area contributed by atoms with Gasteiger partial charge < -0.3 is 15.0 Å². The summed E-state index contributed by atoms with van der Waals surface area (Å²) in [5.41, 5.74) is 0.556. The monoisotopic (exact) mass is 308 g/mol. The molecule has 1 aromatic heterocycles. The average Bonchev–Trinajstić information content (AvgIpc) is 2.86. The maximum absolute atomic E-state index is 12.2. The molecule has 22 heavy (non-hydrogen) atoms. The van der Waals surface area contributed by atoms with E-state index in [2.05, 4.69) is 24.3 Å². The number of carbonyl (C=O) groups excluding carboxylic acids is 1. The second-order valence-electron chi connectivity index (χ2n) is 7.21. The van der Waals surface area contributed by atoms with Crippen molar-refractivity contribution in [2.75, 3.05) is 18.4 Å². The molecule has 0 aromatic carbocycles. The van der Waals surface area contributed by atoms with Crippen molar-refractivity contribution in [3.05, 3.63) is 12.4 Å². The molecule has 2 heterocycles. The molecule has 1 aliphatic heterocycles. The SMILES string of the molecule is CC(C)n1cc(NC2CCCN(C(=O)OC(C)(C)C)C2)cn1. The summed E-state index contributed by atoms with van der Waals surface area (Å²) < 4.78 is 7.38. The van der Waals surface area contributed by atoms with E-state index in [0.717, 1.165) is 25.1 Å². The van der Waals surface area contributed by atoms with E-state index in [1.165, 1.54) is 0 Å². The van der Waals surface area contributed by atoms with Gasteiger partial charge in [0.2, 0.25) is 0 Å². The Kier molecular flexibility index (Phi) is 4.98. The molecule has 0 spiro atoms. The molecular weight excluding hydrogens is 280 g/mol. The van der Waals surface area contributed by atoms with Gasteiger partial charge in [-0.2, -0.15) is 5.10 Å². The van der Waals surface area contributed by atoms with Gasteiger partial charge in [0.1, 0.15) is 5.60 Å². The van der Waals surface area contributed by atoms with Crippen LogP contribution in [0.2, 0.25) is 0 Å². The molecule has 6 heteroatoms. The summed E-state index contributed by atoms with van der Waals surface area (Å²) in [5.74, 6) is 0. The molecule has 124 valence electrons. The summed E-state index contributed by atoms with van der Waals surface area (Å²) in [7, 11) is 0. The van der Waals surface area contributed by atoms with Gasteiger partial charge in [0.25, 0.3) is 0 Å². The van der Waals surface area contributed by atoms with Crippen LogP contribution in [0, 0.1) is 0 Å². The molecule has 1 atom stereocenters. The van der Waals surface area contributed by atoms with Crippen LogP contribution in [0.25, 0.3) is 0 Å². The van der Waals surface area contributed by atoms with Crippen LogP contribution in [0.3, 0.4) is 0 Å². The smallest absolute Gasteiger partial charge is 0.410 e. The number of nitrogens with one attached hydrogen (secondary N) is 1. The second kappa shape index (κ2) is 6.58. The molecule has 1 amide bonds. The van der Waals surface area contributed by atoms with Crippen molar-refractivity contribution < 1.29 is 9.53 Å². The van der Waals surface area contributed by atoms with Crippen molar-refractivity contribution in [3.8, 4) is 0 Å². The third-order valence-electron chi connectivity index (χ3n) is 3.57. The van der Waals surface area contributed by atoms with Gasteiger partial charge >= 0.3 is 6.09 Å². The molecule has 1 unspecified atom stereocenters. The standard InChI is InChI=1S/C16H28N4O2/c1-12(2)20-11-14(9-17-20)18-13-7-6-8-19(10-13)15(21)22-16(3,4)5/h9,11-13,18H,6-8,10H2,1-5H3. The zero-order valence-corrected chi connectivity index (χ0v) is 14.3. The number of ether oxygens (including phenoxy) is 1. The highest BCUT2D eigenvalue weighted by molar-refractivity contribution is 5.68. The Balaban J connectivity index is 1.91. The van der Waals surface area contributed by atoms with E-state index in [-0.39, 0.29) is 12.1 Å². The lowest BCUT2D eigenvalue weighted by Gasteiger charge is -2.34. The fourth-order valence-electron chi connectivity index (χ4n) is 2.52. The van der Waals surface area contributed by atoms with Crippen LogP contribution in [0.4, 0.5) is 10.5 Å². The number of hydrogen-bond acceptors (Lipinski definition) is 4. The van der Waals surface area contributed by atoms with Gasteiger partial charge in [-0.15, -0.1) is 0 Å². The Morgan fingerprint density at radius 2 is 2.18 bits per heavy atom. The summed E-state index contributed by atoms with van der Waals surface area (Å²) in [6.07, 6.45) is 5.65. The Labute approximate surface area is 132 Å². The Morgan fingerprint density at radius 3 is 2.77 bits per heavy atom. The molecule has 1 aliphatic rings. The highest BCUT2D eigenvalue weighted by atomic mass is 16.6. The van der Waals surface area contributed by atoms with E-state index in [0.29, 0.717) is 12.6 Å². The summed E-state index contributed by atoms with van der Waals surface area (Å²) in [5, 5.41) is 7.80. The predicted octanol–water partition coefficient (Wildman–Crippen LogP) is 3.28. The maximum Gasteiger partial charge on any atom is 0.410 e. The number of hydrogen-bond donors (Lipinski definition) is 1. The fourth-order valence-corrected chi connectivity index (χ4v) is 2.52. The lowest BCUT2D eigenvalue weighted by atomic mass is 10.1. The number of aromatic nitrogens is 2. The van der Waals surface area contributed by atoms with E-state index < -0.39 is 5.60 Å². The van der Waals surface area contributed by atoms with Crippen molar-refractivity contribution in [2.24, 2.45) is 0 Å². The van der Waals surface area contributed by atoms with Crippen LogP contribution in [0.5, 0.6) is 0 Å². The zero-order chi connectivity index (χ0) is 16.3. The predicted molar refractivity (Wildman–Crippen MR) is 87.1 cm³/mol. The maximum atomic E-state index is 12.2. The normalized spacial score (nSPS) is 19.4. The highest BCUT2D eigenvalue weighted by Crippen LogP contribution is 2.19. The summed E-state index contributed by atoms with van der Waals surface area (Å²) in [4.78, 5) is 14.0. The van der Waals surface area contributed by atoms with E-state index in [1.807, 2.05) is 37.8 Å². The van der Waals surface area contributed by atoms with Crippen molar-refractivity contribution in [2.45, 2.75) is 65.1 Å². The van der Waals surface area contributed by atoms with Crippen LogP contribution in [0.15, 0.2) is 12.4 Å². The van der Waals surface area contributed by atoms with Crippen molar-refractivity contribution in [1.82, 2.24) is 14.7 Å². The van der Waals surface area contributed by atoms with E-state index in [9.17, 15) is 4.79 Å². The topological polar surface area (TPSA) is 59.4 Å². The Bertz CT molecular complexity index is 504. The van der Waals surface area contributed by atoms with E-state index in [1.54, 1.807) is 4.90 Å². The van der Waals surface area contributed by atoms with Gasteiger partial charge in [0, 0.05) is 31.4 Å². The van der Waals surface area contributed by atoms with Gasteiger partial charge in [0.05, 0.1) is 11.9 Å². The minimum atomic E-state index is -0.449. The van der Waals surface area contributed by atoms with Crippen LogP contribution in [-0.2, 0) is 4.74 Å². The summed E-state index contributed by atoms with van der Waals surface area (Å²) >= 11 is 0. The zero-order valence-electron chi connectivity index (χ0n) is 14.3. The third-order valence-corrected chi connectivity index (χ3v) is 3.57. The second-order valence-corrected chi connectivity index (χ2v) is 7.21. The lowest BCUT2D eigenvalue weighted by Crippen LogP contribution is -2.46. The molecule has 1 aromatic rings.